The van der Waals surface area contributed by atoms with Crippen LogP contribution in [0.1, 0.15) is 30.9 Å². The molecule has 0 amide bonds. The fourth-order valence-corrected chi connectivity index (χ4v) is 2.65. The molecule has 27 heavy (non-hydrogen) atoms. The molecule has 152 valence electrons. The molecule has 0 aliphatic heterocycles. The van der Waals surface area contributed by atoms with Gasteiger partial charge in [0.15, 0.2) is 5.96 Å². The predicted molar refractivity (Wildman–Crippen MR) is 112 cm³/mol. The molecule has 1 saturated carbocycles. The zero-order valence-corrected chi connectivity index (χ0v) is 17.4. The van der Waals surface area contributed by atoms with Crippen molar-refractivity contribution in [1.82, 2.24) is 15.5 Å². The molecule has 6 nitrogen and oxygen atoms in total. The van der Waals surface area contributed by atoms with Gasteiger partial charge in [-0.25, -0.2) is 4.99 Å². The van der Waals surface area contributed by atoms with Crippen molar-refractivity contribution in [3.8, 4) is 5.75 Å². The van der Waals surface area contributed by atoms with Gasteiger partial charge >= 0.3 is 0 Å². The number of rotatable bonds is 12. The summed E-state index contributed by atoms with van der Waals surface area (Å²) in [5, 5.41) is 6.72. The van der Waals surface area contributed by atoms with Crippen molar-refractivity contribution in [2.75, 3.05) is 53.6 Å². The number of hydrogen-bond acceptors (Lipinski definition) is 4. The number of hydrogen-bond donors (Lipinski definition) is 2. The average molecular weight is 377 g/mol. The first kappa shape index (κ1) is 21.5. The van der Waals surface area contributed by atoms with Crippen LogP contribution in [0.4, 0.5) is 0 Å². The third-order valence-electron chi connectivity index (χ3n) is 4.61. The highest BCUT2D eigenvalue weighted by atomic mass is 16.5. The fourth-order valence-electron chi connectivity index (χ4n) is 2.65. The molecule has 0 bridgehead atoms. The minimum Gasteiger partial charge on any atom is -0.493 e. The smallest absolute Gasteiger partial charge is 0.191 e. The second-order valence-electron chi connectivity index (χ2n) is 7.28. The average Bonchev–Trinajstić information content (AvgIpc) is 3.48. The third-order valence-corrected chi connectivity index (χ3v) is 4.61. The molecule has 0 atom stereocenters. The summed E-state index contributed by atoms with van der Waals surface area (Å²) in [6, 6.07) is 6.38. The standard InChI is InChI=1S/C21H36N4O2/c1-5-22-21(23-10-11-25(3)12-13-26-4)24-15-19-9-6-17(2)14-20(19)27-16-18-7-8-18/h6,9,14,18H,5,7-8,10-13,15-16H2,1-4H3,(H2,22,23,24). The second-order valence-corrected chi connectivity index (χ2v) is 7.28. The van der Waals surface area contributed by atoms with Gasteiger partial charge in [-0.15, -0.1) is 0 Å². The van der Waals surface area contributed by atoms with Crippen molar-refractivity contribution in [3.05, 3.63) is 29.3 Å². The number of likely N-dealkylation sites (N-methyl/N-ethyl adjacent to an activating group) is 1. The molecule has 1 aliphatic carbocycles. The quantitative estimate of drug-likeness (QED) is 0.433. The topological polar surface area (TPSA) is 58.1 Å². The zero-order chi connectivity index (χ0) is 19.5. The molecule has 1 aliphatic rings. The maximum atomic E-state index is 6.06. The number of methoxy groups -OCH3 is 1. The third kappa shape index (κ3) is 8.63. The number of nitrogens with one attached hydrogen (secondary N) is 2. The van der Waals surface area contributed by atoms with Crippen molar-refractivity contribution >= 4 is 5.96 Å². The Balaban J connectivity index is 1.88. The van der Waals surface area contributed by atoms with E-state index < -0.39 is 0 Å². The Kier molecular flexibility index (Phi) is 9.42. The Labute approximate surface area is 164 Å². The molecule has 0 saturated heterocycles. The highest BCUT2D eigenvalue weighted by Crippen LogP contribution is 2.30. The molecule has 0 unspecified atom stereocenters. The van der Waals surface area contributed by atoms with Gasteiger partial charge in [0, 0.05) is 38.9 Å². The van der Waals surface area contributed by atoms with E-state index in [0.29, 0.717) is 6.54 Å². The summed E-state index contributed by atoms with van der Waals surface area (Å²) in [6.07, 6.45) is 2.60. The molecule has 0 radical (unpaired) electrons. The van der Waals surface area contributed by atoms with Crippen molar-refractivity contribution in [2.45, 2.75) is 33.2 Å². The normalized spacial score (nSPS) is 14.5. The summed E-state index contributed by atoms with van der Waals surface area (Å²) in [7, 11) is 3.83. The van der Waals surface area contributed by atoms with Gasteiger partial charge in [-0.05, 0) is 51.3 Å². The van der Waals surface area contributed by atoms with Crippen LogP contribution < -0.4 is 15.4 Å². The summed E-state index contributed by atoms with van der Waals surface area (Å²) >= 11 is 0. The summed E-state index contributed by atoms with van der Waals surface area (Å²) < 4.78 is 11.2. The number of aliphatic imine (C=N–C) groups is 1. The van der Waals surface area contributed by atoms with Gasteiger partial charge in [0.1, 0.15) is 5.75 Å². The lowest BCUT2D eigenvalue weighted by Gasteiger charge is -2.18. The number of guanidine groups is 1. The Morgan fingerprint density at radius 2 is 2.07 bits per heavy atom. The van der Waals surface area contributed by atoms with Gasteiger partial charge in [-0.1, -0.05) is 12.1 Å². The molecule has 0 spiro atoms. The van der Waals surface area contributed by atoms with Gasteiger partial charge in [0.05, 0.1) is 19.8 Å². The van der Waals surface area contributed by atoms with Crippen molar-refractivity contribution in [2.24, 2.45) is 10.9 Å². The minimum absolute atomic E-state index is 0.606. The number of benzene rings is 1. The van der Waals surface area contributed by atoms with E-state index in [9.17, 15) is 0 Å². The van der Waals surface area contributed by atoms with Gasteiger partial charge in [0.2, 0.25) is 0 Å². The molecular weight excluding hydrogens is 340 g/mol. The highest BCUT2D eigenvalue weighted by molar-refractivity contribution is 5.79. The van der Waals surface area contributed by atoms with E-state index >= 15 is 0 Å². The van der Waals surface area contributed by atoms with Gasteiger partial charge in [-0.2, -0.15) is 0 Å². The van der Waals surface area contributed by atoms with Crippen LogP contribution >= 0.6 is 0 Å². The number of ether oxygens (including phenoxy) is 2. The van der Waals surface area contributed by atoms with Crippen LogP contribution in [0, 0.1) is 12.8 Å². The molecule has 1 fully saturated rings. The first-order chi connectivity index (χ1) is 13.1. The largest absolute Gasteiger partial charge is 0.493 e. The van der Waals surface area contributed by atoms with E-state index in [2.05, 4.69) is 54.6 Å². The summed E-state index contributed by atoms with van der Waals surface area (Å²) in [4.78, 5) is 6.99. The second kappa shape index (κ2) is 11.8. The van der Waals surface area contributed by atoms with Crippen LogP contribution in [0.3, 0.4) is 0 Å². The lowest BCUT2D eigenvalue weighted by molar-refractivity contribution is 0.162. The Hall–Kier alpha value is -1.79. The van der Waals surface area contributed by atoms with E-state index in [1.54, 1.807) is 7.11 Å². The van der Waals surface area contributed by atoms with E-state index in [4.69, 9.17) is 14.5 Å². The molecule has 6 heteroatoms. The SMILES string of the molecule is CCNC(=NCc1ccc(C)cc1OCC1CC1)NCCN(C)CCOC. The molecule has 0 aromatic heterocycles. The summed E-state index contributed by atoms with van der Waals surface area (Å²) in [6.45, 7) is 9.91. The number of nitrogens with zero attached hydrogens (tertiary/aromatic N) is 2. The monoisotopic (exact) mass is 376 g/mol. The minimum atomic E-state index is 0.606. The molecule has 1 aromatic rings. The van der Waals surface area contributed by atoms with Crippen LogP contribution in [0.5, 0.6) is 5.75 Å². The van der Waals surface area contributed by atoms with E-state index in [-0.39, 0.29) is 0 Å². The van der Waals surface area contributed by atoms with Crippen LogP contribution in [-0.2, 0) is 11.3 Å². The van der Waals surface area contributed by atoms with E-state index in [1.807, 2.05) is 0 Å². The Morgan fingerprint density at radius 3 is 2.78 bits per heavy atom. The molecule has 2 rings (SSSR count). The van der Waals surface area contributed by atoms with Crippen molar-refractivity contribution in [3.63, 3.8) is 0 Å². The van der Waals surface area contributed by atoms with Crippen LogP contribution in [0.25, 0.3) is 0 Å². The summed E-state index contributed by atoms with van der Waals surface area (Å²) in [5.74, 6) is 2.56. The fraction of sp³-hybridized carbons (Fsp3) is 0.667. The Bertz CT molecular complexity index is 588. The summed E-state index contributed by atoms with van der Waals surface area (Å²) in [5.41, 5.74) is 2.35. The Morgan fingerprint density at radius 1 is 1.26 bits per heavy atom. The maximum Gasteiger partial charge on any atom is 0.191 e. The lowest BCUT2D eigenvalue weighted by Crippen LogP contribution is -2.41. The van der Waals surface area contributed by atoms with Crippen LogP contribution in [0.2, 0.25) is 0 Å². The van der Waals surface area contributed by atoms with Crippen LogP contribution in [-0.4, -0.2) is 64.4 Å². The lowest BCUT2D eigenvalue weighted by atomic mass is 10.1. The number of aryl methyl sites for hydroxylation is 1. The van der Waals surface area contributed by atoms with E-state index in [1.165, 1.54) is 18.4 Å². The van der Waals surface area contributed by atoms with Crippen LogP contribution in [0.15, 0.2) is 23.2 Å². The molecule has 2 N–H and O–H groups in total. The van der Waals surface area contributed by atoms with Gasteiger partial charge in [-0.3, -0.25) is 0 Å². The maximum absolute atomic E-state index is 6.06. The molecule has 0 heterocycles. The van der Waals surface area contributed by atoms with Crippen molar-refractivity contribution < 1.29 is 9.47 Å². The first-order valence-electron chi connectivity index (χ1n) is 10.0. The van der Waals surface area contributed by atoms with Crippen molar-refractivity contribution in [1.29, 1.82) is 0 Å². The zero-order valence-electron chi connectivity index (χ0n) is 17.4. The predicted octanol–water partition coefficient (Wildman–Crippen LogP) is 2.42. The van der Waals surface area contributed by atoms with Gasteiger partial charge < -0.3 is 25.0 Å². The van der Waals surface area contributed by atoms with E-state index in [0.717, 1.165) is 62.6 Å². The first-order valence-corrected chi connectivity index (χ1v) is 10.0. The molecule has 1 aromatic carbocycles. The molecular formula is C21H36N4O2. The highest BCUT2D eigenvalue weighted by Gasteiger charge is 2.22. The van der Waals surface area contributed by atoms with Gasteiger partial charge in [0.25, 0.3) is 0 Å².